The Hall–Kier alpha value is -0.120. The van der Waals surface area contributed by atoms with Crippen LogP contribution in [0.4, 0.5) is 0 Å². The Bertz CT molecular complexity index is 170. The van der Waals surface area contributed by atoms with Gasteiger partial charge in [-0.3, -0.25) is 4.90 Å². The molecule has 3 nitrogen and oxygen atoms in total. The third-order valence-electron chi connectivity index (χ3n) is 3.81. The SMILES string of the molecule is C1CCN(CCCN2CCCCNC2)CC1. The maximum Gasteiger partial charge on any atom is 0.0480 e. The third kappa shape index (κ3) is 4.40. The van der Waals surface area contributed by atoms with E-state index < -0.39 is 0 Å². The van der Waals surface area contributed by atoms with Gasteiger partial charge in [-0.1, -0.05) is 6.42 Å². The average molecular weight is 225 g/mol. The van der Waals surface area contributed by atoms with Crippen LogP contribution in [0, 0.1) is 0 Å². The van der Waals surface area contributed by atoms with E-state index in [1.165, 1.54) is 77.8 Å². The number of hydrogen-bond acceptors (Lipinski definition) is 3. The van der Waals surface area contributed by atoms with Crippen molar-refractivity contribution in [2.75, 3.05) is 45.9 Å². The molecule has 0 aromatic rings. The Morgan fingerprint density at radius 1 is 0.750 bits per heavy atom. The summed E-state index contributed by atoms with van der Waals surface area (Å²) < 4.78 is 0. The Morgan fingerprint density at radius 3 is 2.31 bits per heavy atom. The molecule has 0 saturated carbocycles. The minimum absolute atomic E-state index is 1.11. The minimum atomic E-state index is 1.11. The highest BCUT2D eigenvalue weighted by molar-refractivity contribution is 4.67. The number of rotatable bonds is 4. The van der Waals surface area contributed by atoms with Crippen molar-refractivity contribution in [2.24, 2.45) is 0 Å². The van der Waals surface area contributed by atoms with Gasteiger partial charge in [0.25, 0.3) is 0 Å². The van der Waals surface area contributed by atoms with Crippen LogP contribution in [0.1, 0.15) is 38.5 Å². The second kappa shape index (κ2) is 7.25. The number of nitrogens with one attached hydrogen (secondary N) is 1. The molecule has 1 N–H and O–H groups in total. The Kier molecular flexibility index (Phi) is 5.59. The fourth-order valence-electron chi connectivity index (χ4n) is 2.79. The predicted octanol–water partition coefficient (Wildman–Crippen LogP) is 1.51. The van der Waals surface area contributed by atoms with Gasteiger partial charge in [-0.25, -0.2) is 0 Å². The lowest BCUT2D eigenvalue weighted by molar-refractivity contribution is 0.201. The van der Waals surface area contributed by atoms with E-state index in [1.54, 1.807) is 0 Å². The van der Waals surface area contributed by atoms with Crippen molar-refractivity contribution in [3.05, 3.63) is 0 Å². The molecule has 3 heteroatoms. The van der Waals surface area contributed by atoms with Gasteiger partial charge in [-0.15, -0.1) is 0 Å². The predicted molar refractivity (Wildman–Crippen MR) is 68.6 cm³/mol. The topological polar surface area (TPSA) is 18.5 Å². The normalized spacial score (nSPS) is 25.5. The fraction of sp³-hybridized carbons (Fsp3) is 1.00. The largest absolute Gasteiger partial charge is 0.304 e. The Morgan fingerprint density at radius 2 is 1.44 bits per heavy atom. The molecule has 2 fully saturated rings. The van der Waals surface area contributed by atoms with Crippen LogP contribution < -0.4 is 5.32 Å². The molecule has 0 amide bonds. The van der Waals surface area contributed by atoms with Crippen molar-refractivity contribution < 1.29 is 0 Å². The van der Waals surface area contributed by atoms with E-state index in [-0.39, 0.29) is 0 Å². The molecular formula is C13H27N3. The van der Waals surface area contributed by atoms with E-state index in [4.69, 9.17) is 0 Å². The molecule has 0 aromatic heterocycles. The maximum atomic E-state index is 3.50. The van der Waals surface area contributed by atoms with Crippen molar-refractivity contribution in [1.29, 1.82) is 0 Å². The first kappa shape index (κ1) is 12.3. The molecule has 0 atom stereocenters. The van der Waals surface area contributed by atoms with Gasteiger partial charge in [0, 0.05) is 13.2 Å². The van der Waals surface area contributed by atoms with Gasteiger partial charge in [0.2, 0.25) is 0 Å². The summed E-state index contributed by atoms with van der Waals surface area (Å²) in [6.07, 6.45) is 8.37. The molecule has 0 unspecified atom stereocenters. The van der Waals surface area contributed by atoms with Crippen molar-refractivity contribution in [3.8, 4) is 0 Å². The molecule has 2 saturated heterocycles. The lowest BCUT2D eigenvalue weighted by Gasteiger charge is -2.27. The summed E-state index contributed by atoms with van der Waals surface area (Å²) in [5.41, 5.74) is 0. The van der Waals surface area contributed by atoms with Gasteiger partial charge in [0.1, 0.15) is 0 Å². The van der Waals surface area contributed by atoms with Crippen LogP contribution in [0.25, 0.3) is 0 Å². The third-order valence-corrected chi connectivity index (χ3v) is 3.81. The second-order valence-corrected chi connectivity index (χ2v) is 5.24. The molecule has 2 aliphatic rings. The molecule has 94 valence electrons. The quantitative estimate of drug-likeness (QED) is 0.782. The molecular weight excluding hydrogens is 198 g/mol. The summed E-state index contributed by atoms with van der Waals surface area (Å²) >= 11 is 0. The molecule has 2 heterocycles. The first-order valence-electron chi connectivity index (χ1n) is 7.10. The second-order valence-electron chi connectivity index (χ2n) is 5.24. The zero-order valence-electron chi connectivity index (χ0n) is 10.6. The molecule has 16 heavy (non-hydrogen) atoms. The number of likely N-dealkylation sites (tertiary alicyclic amines) is 1. The summed E-state index contributed by atoms with van der Waals surface area (Å²) in [4.78, 5) is 5.23. The van der Waals surface area contributed by atoms with Crippen LogP contribution in [-0.4, -0.2) is 55.7 Å². The summed E-state index contributed by atoms with van der Waals surface area (Å²) in [7, 11) is 0. The summed E-state index contributed by atoms with van der Waals surface area (Å²) in [6, 6.07) is 0. The van der Waals surface area contributed by atoms with Crippen LogP contribution in [0.15, 0.2) is 0 Å². The minimum Gasteiger partial charge on any atom is -0.304 e. The summed E-state index contributed by atoms with van der Waals surface area (Å²) in [5.74, 6) is 0. The fourth-order valence-corrected chi connectivity index (χ4v) is 2.79. The lowest BCUT2D eigenvalue weighted by Crippen LogP contribution is -2.36. The first-order chi connectivity index (χ1) is 7.95. The van der Waals surface area contributed by atoms with Crippen molar-refractivity contribution in [1.82, 2.24) is 15.1 Å². The van der Waals surface area contributed by atoms with Crippen LogP contribution in [0.5, 0.6) is 0 Å². The molecule has 2 rings (SSSR count). The van der Waals surface area contributed by atoms with Crippen LogP contribution in [0.2, 0.25) is 0 Å². The molecule has 0 bridgehead atoms. The van der Waals surface area contributed by atoms with Crippen molar-refractivity contribution >= 4 is 0 Å². The van der Waals surface area contributed by atoms with E-state index in [1.807, 2.05) is 0 Å². The zero-order chi connectivity index (χ0) is 11.1. The van der Waals surface area contributed by atoms with Gasteiger partial charge >= 0.3 is 0 Å². The smallest absolute Gasteiger partial charge is 0.0480 e. The molecule has 0 aliphatic carbocycles. The number of nitrogens with zero attached hydrogens (tertiary/aromatic N) is 2. The standard InChI is InChI=1S/C13H27N3/c1-3-8-15(9-4-1)11-6-12-16-10-5-2-7-14-13-16/h14H,1-13H2. The highest BCUT2D eigenvalue weighted by Gasteiger charge is 2.11. The Balaban J connectivity index is 1.55. The lowest BCUT2D eigenvalue weighted by atomic mass is 10.1. The van der Waals surface area contributed by atoms with Crippen LogP contribution in [0.3, 0.4) is 0 Å². The summed E-state index contributed by atoms with van der Waals surface area (Å²) in [6.45, 7) is 8.91. The number of hydrogen-bond donors (Lipinski definition) is 1. The monoisotopic (exact) mass is 225 g/mol. The molecule has 0 spiro atoms. The summed E-state index contributed by atoms with van der Waals surface area (Å²) in [5, 5.41) is 3.50. The van der Waals surface area contributed by atoms with Gasteiger partial charge in [-0.2, -0.15) is 0 Å². The van der Waals surface area contributed by atoms with E-state index in [0.717, 1.165) is 6.67 Å². The number of piperidine rings is 1. The maximum absolute atomic E-state index is 3.50. The van der Waals surface area contributed by atoms with Gasteiger partial charge < -0.3 is 10.2 Å². The van der Waals surface area contributed by atoms with Crippen LogP contribution in [-0.2, 0) is 0 Å². The first-order valence-corrected chi connectivity index (χ1v) is 7.10. The van der Waals surface area contributed by atoms with Gasteiger partial charge in [-0.05, 0) is 64.8 Å². The van der Waals surface area contributed by atoms with Crippen molar-refractivity contribution in [2.45, 2.75) is 38.5 Å². The van der Waals surface area contributed by atoms with Crippen LogP contribution >= 0.6 is 0 Å². The van der Waals surface area contributed by atoms with E-state index in [9.17, 15) is 0 Å². The van der Waals surface area contributed by atoms with Gasteiger partial charge in [0.15, 0.2) is 0 Å². The molecule has 0 aromatic carbocycles. The molecule has 2 aliphatic heterocycles. The van der Waals surface area contributed by atoms with Crippen molar-refractivity contribution in [3.63, 3.8) is 0 Å². The zero-order valence-corrected chi connectivity index (χ0v) is 10.6. The van der Waals surface area contributed by atoms with E-state index in [0.29, 0.717) is 0 Å². The Labute approximate surface area is 100 Å². The average Bonchev–Trinajstić information content (AvgIpc) is 2.59. The van der Waals surface area contributed by atoms with E-state index >= 15 is 0 Å². The highest BCUT2D eigenvalue weighted by Crippen LogP contribution is 2.09. The van der Waals surface area contributed by atoms with Gasteiger partial charge in [0.05, 0.1) is 0 Å². The van der Waals surface area contributed by atoms with E-state index in [2.05, 4.69) is 15.1 Å². The highest BCUT2D eigenvalue weighted by atomic mass is 15.2. The molecule has 0 radical (unpaired) electrons.